The number of carbonyl (C=O) groups is 5. The lowest BCUT2D eigenvalue weighted by Gasteiger charge is -2.29. The predicted octanol–water partition coefficient (Wildman–Crippen LogP) is 2.04. The average molecular weight is 870 g/mol. The summed E-state index contributed by atoms with van der Waals surface area (Å²) in [6.07, 6.45) is 25.5. The Kier molecular flexibility index (Phi) is 40.0. The summed E-state index contributed by atoms with van der Waals surface area (Å²) in [6.45, 7) is 8.08. The Morgan fingerprint density at radius 3 is 1.47 bits per heavy atom. The zero-order valence-electron chi connectivity index (χ0n) is 37.5. The maximum Gasteiger partial charge on any atom is 0.362 e. The smallest absolute Gasteiger partial charge is 0.362 e. The minimum Gasteiger partial charge on any atom is -1.00 e. The second-order valence-electron chi connectivity index (χ2n) is 16.6. The molecule has 0 aliphatic heterocycles. The van der Waals surface area contributed by atoms with E-state index in [-0.39, 0.29) is 80.5 Å². The van der Waals surface area contributed by atoms with Gasteiger partial charge in [0.2, 0.25) is 0 Å². The van der Waals surface area contributed by atoms with E-state index in [0.29, 0.717) is 48.3 Å². The van der Waals surface area contributed by atoms with Crippen LogP contribution in [0.25, 0.3) is 0 Å². The number of esters is 5. The minimum atomic E-state index is -0.314. The zero-order chi connectivity index (χ0) is 41.9. The topological polar surface area (TPSA) is 132 Å². The summed E-state index contributed by atoms with van der Waals surface area (Å²) < 4.78 is 27.5. The predicted molar refractivity (Wildman–Crippen MR) is 221 cm³/mol. The van der Waals surface area contributed by atoms with E-state index in [4.69, 9.17) is 23.7 Å². The molecule has 1 atom stereocenters. The third-order valence-electron chi connectivity index (χ3n) is 9.68. The zero-order valence-corrected chi connectivity index (χ0v) is 39.0. The van der Waals surface area contributed by atoms with Gasteiger partial charge in [0.05, 0.1) is 41.4 Å². The Morgan fingerprint density at radius 1 is 0.500 bits per heavy atom. The number of carbonyl (C=O) groups excluding carboxylic acids is 5. The van der Waals surface area contributed by atoms with Crippen molar-refractivity contribution in [1.82, 2.24) is 0 Å². The number of unbranched alkanes of at least 4 members (excludes halogenated alkanes) is 15. The van der Waals surface area contributed by atoms with Crippen molar-refractivity contribution in [3.8, 4) is 0 Å². The van der Waals surface area contributed by atoms with E-state index in [1.165, 1.54) is 26.7 Å². The van der Waals surface area contributed by atoms with Crippen molar-refractivity contribution >= 4 is 29.8 Å². The molecular weight excluding hydrogens is 787 g/mol. The molecule has 0 radical (unpaired) electrons. The molecule has 0 spiro atoms. The fourth-order valence-corrected chi connectivity index (χ4v) is 6.16. The van der Waals surface area contributed by atoms with E-state index in [9.17, 15) is 24.0 Å². The standard InChI is InChI=1S/C44H82N2O10.2ClH/c1-8-9-10-23-28-41(56-44(51)38-46(6,7)32-36-53-40(3)48)29-24-19-15-11-12-16-20-25-30-42(49)54-33-26-21-17-13-14-18-22-27-34-55-43(50)37-45(4,5)31-35-52-39(2)47;;/h19,24,41H,8-18,20-23,25-38H2,1-7H3;2*1H/q+2;;/p-2/b24-19+;;. The monoisotopic (exact) mass is 869 g/mol. The Morgan fingerprint density at radius 2 is 0.948 bits per heavy atom. The molecule has 0 aromatic heterocycles. The van der Waals surface area contributed by atoms with Gasteiger partial charge in [-0.25, -0.2) is 9.59 Å². The number of halogens is 2. The Bertz CT molecular complexity index is 1100. The summed E-state index contributed by atoms with van der Waals surface area (Å²) in [4.78, 5) is 58.9. The van der Waals surface area contributed by atoms with Crippen molar-refractivity contribution in [2.75, 3.05) is 80.8 Å². The van der Waals surface area contributed by atoms with Crippen LogP contribution in [0.2, 0.25) is 0 Å². The number of likely N-dealkylation sites (N-methyl/N-ethyl adjacent to an activating group) is 2. The first-order valence-corrected chi connectivity index (χ1v) is 21.7. The third kappa shape index (κ3) is 41.7. The van der Waals surface area contributed by atoms with Gasteiger partial charge in [0, 0.05) is 26.7 Å². The first kappa shape index (κ1) is 59.9. The van der Waals surface area contributed by atoms with E-state index in [1.807, 2.05) is 28.2 Å². The molecule has 342 valence electrons. The van der Waals surface area contributed by atoms with Crippen LogP contribution in [-0.4, -0.2) is 126 Å². The quantitative estimate of drug-likeness (QED) is 0.0301. The summed E-state index contributed by atoms with van der Waals surface area (Å²) in [5.74, 6) is -1.15. The Balaban J connectivity index is -0.0000151. The molecular formula is C44H82Cl2N2O10. The van der Waals surface area contributed by atoms with Gasteiger partial charge >= 0.3 is 29.8 Å². The lowest BCUT2D eigenvalue weighted by atomic mass is 10.1. The summed E-state index contributed by atoms with van der Waals surface area (Å²) in [6, 6.07) is 0. The molecule has 14 heteroatoms. The fourth-order valence-electron chi connectivity index (χ4n) is 6.16. The SMILES string of the molecule is CCCCCCC(C/C=C/CCCCCCCC(=O)OCCCCCCCCCCOC(=O)C[N+](C)(C)CCOC(C)=O)OC(=O)C[N+](C)(C)CCOC(C)=O.[Cl-].[Cl-]. The molecule has 58 heavy (non-hydrogen) atoms. The van der Waals surface area contributed by atoms with Gasteiger partial charge in [-0.2, -0.15) is 0 Å². The molecule has 0 bridgehead atoms. The van der Waals surface area contributed by atoms with Crippen LogP contribution < -0.4 is 24.8 Å². The van der Waals surface area contributed by atoms with Gasteiger partial charge in [0.1, 0.15) is 32.4 Å². The maximum atomic E-state index is 12.7. The number of hydrogen-bond donors (Lipinski definition) is 0. The highest BCUT2D eigenvalue weighted by atomic mass is 35.5. The van der Waals surface area contributed by atoms with Gasteiger partial charge in [-0.15, -0.1) is 0 Å². The second kappa shape index (κ2) is 38.8. The number of ether oxygens (including phenoxy) is 5. The van der Waals surface area contributed by atoms with Crippen LogP contribution in [0.15, 0.2) is 12.2 Å². The first-order chi connectivity index (χ1) is 26.7. The molecule has 0 saturated carbocycles. The minimum absolute atomic E-state index is 0. The van der Waals surface area contributed by atoms with Crippen molar-refractivity contribution in [3.05, 3.63) is 12.2 Å². The van der Waals surface area contributed by atoms with E-state index in [1.54, 1.807) is 0 Å². The van der Waals surface area contributed by atoms with E-state index < -0.39 is 0 Å². The highest BCUT2D eigenvalue weighted by molar-refractivity contribution is 5.71. The number of rotatable bonds is 37. The average Bonchev–Trinajstić information content (AvgIpc) is 3.10. The Hall–Kier alpha value is -2.41. The molecule has 0 aliphatic carbocycles. The molecule has 0 saturated heterocycles. The second-order valence-corrected chi connectivity index (χ2v) is 16.6. The number of allylic oxidation sites excluding steroid dienone is 1. The van der Waals surface area contributed by atoms with Crippen LogP contribution >= 0.6 is 0 Å². The molecule has 0 fully saturated rings. The summed E-state index contributed by atoms with van der Waals surface area (Å²) in [5.41, 5.74) is 0. The van der Waals surface area contributed by atoms with Gasteiger partial charge in [-0.05, 0) is 44.9 Å². The van der Waals surface area contributed by atoms with Crippen LogP contribution in [0.5, 0.6) is 0 Å². The van der Waals surface area contributed by atoms with Gasteiger partial charge in [0.25, 0.3) is 0 Å². The highest BCUT2D eigenvalue weighted by Gasteiger charge is 2.24. The molecule has 0 N–H and O–H groups in total. The van der Waals surface area contributed by atoms with Crippen molar-refractivity contribution in [2.24, 2.45) is 0 Å². The van der Waals surface area contributed by atoms with Crippen molar-refractivity contribution in [1.29, 1.82) is 0 Å². The van der Waals surface area contributed by atoms with Gasteiger partial charge in [-0.3, -0.25) is 14.4 Å². The van der Waals surface area contributed by atoms with Crippen molar-refractivity contribution < 1.29 is 81.4 Å². The van der Waals surface area contributed by atoms with E-state index >= 15 is 0 Å². The highest BCUT2D eigenvalue weighted by Crippen LogP contribution is 2.15. The lowest BCUT2D eigenvalue weighted by Crippen LogP contribution is -3.00. The molecule has 0 aromatic carbocycles. The summed E-state index contributed by atoms with van der Waals surface area (Å²) >= 11 is 0. The molecule has 1 unspecified atom stereocenters. The van der Waals surface area contributed by atoms with Crippen LogP contribution in [0, 0.1) is 0 Å². The number of nitrogens with zero attached hydrogens (tertiary/aromatic N) is 2. The van der Waals surface area contributed by atoms with Gasteiger partial charge < -0.3 is 57.5 Å². The molecule has 0 aromatic rings. The summed E-state index contributed by atoms with van der Waals surface area (Å²) in [5, 5.41) is 0. The van der Waals surface area contributed by atoms with Crippen molar-refractivity contribution in [2.45, 2.75) is 162 Å². The fraction of sp³-hybridized carbons (Fsp3) is 0.841. The molecule has 0 rings (SSSR count). The lowest BCUT2D eigenvalue weighted by molar-refractivity contribution is -0.883. The van der Waals surface area contributed by atoms with E-state index in [2.05, 4.69) is 19.1 Å². The molecule has 0 amide bonds. The van der Waals surface area contributed by atoms with Crippen molar-refractivity contribution in [3.63, 3.8) is 0 Å². The van der Waals surface area contributed by atoms with Crippen LogP contribution in [0.1, 0.15) is 156 Å². The van der Waals surface area contributed by atoms with Crippen LogP contribution in [0.4, 0.5) is 0 Å². The normalized spacial score (nSPS) is 11.9. The first-order valence-electron chi connectivity index (χ1n) is 21.7. The maximum absolute atomic E-state index is 12.7. The Labute approximate surface area is 364 Å². The molecule has 0 heterocycles. The summed E-state index contributed by atoms with van der Waals surface area (Å²) in [7, 11) is 7.72. The van der Waals surface area contributed by atoms with Gasteiger partial charge in [0.15, 0.2) is 13.1 Å². The number of quaternary nitrogens is 2. The largest absolute Gasteiger partial charge is 1.00 e. The molecule has 0 aliphatic rings. The molecule has 12 nitrogen and oxygen atoms in total. The third-order valence-corrected chi connectivity index (χ3v) is 9.68. The van der Waals surface area contributed by atoms with E-state index in [0.717, 1.165) is 116 Å². The number of hydrogen-bond acceptors (Lipinski definition) is 10. The van der Waals surface area contributed by atoms with Gasteiger partial charge in [-0.1, -0.05) is 96.1 Å². The van der Waals surface area contributed by atoms with Crippen LogP contribution in [-0.2, 0) is 47.7 Å². The van der Waals surface area contributed by atoms with Crippen LogP contribution in [0.3, 0.4) is 0 Å².